The van der Waals surface area contributed by atoms with Gasteiger partial charge >= 0.3 is 0 Å². The average molecular weight is 362 g/mol. The zero-order valence-electron chi connectivity index (χ0n) is 13.0. The summed E-state index contributed by atoms with van der Waals surface area (Å²) in [5, 5.41) is 2.82. The Morgan fingerprint density at radius 3 is 2.68 bits per heavy atom. The maximum Gasteiger partial charge on any atom is 0.262 e. The fraction of sp³-hybridized carbons (Fsp3) is 0.278. The van der Waals surface area contributed by atoms with Crippen molar-refractivity contribution in [1.29, 1.82) is 0 Å². The summed E-state index contributed by atoms with van der Waals surface area (Å²) < 4.78 is 6.53. The lowest BCUT2D eigenvalue weighted by molar-refractivity contribution is -0.118. The Bertz CT molecular complexity index is 668. The molecule has 2 aromatic carbocycles. The Morgan fingerprint density at radius 1 is 1.23 bits per heavy atom. The maximum atomic E-state index is 11.9. The number of hydrogen-bond acceptors (Lipinski definition) is 2. The molecule has 0 aliphatic heterocycles. The summed E-state index contributed by atoms with van der Waals surface area (Å²) in [6.45, 7) is 6.25. The fourth-order valence-electron chi connectivity index (χ4n) is 1.98. The molecule has 0 spiro atoms. The summed E-state index contributed by atoms with van der Waals surface area (Å²) in [4.78, 5) is 11.9. The van der Waals surface area contributed by atoms with Crippen LogP contribution < -0.4 is 10.1 Å². The molecule has 0 radical (unpaired) electrons. The molecule has 0 bridgehead atoms. The number of nitrogens with one attached hydrogen (secondary N) is 1. The van der Waals surface area contributed by atoms with E-state index in [1.807, 2.05) is 43.3 Å². The third-order valence-corrected chi connectivity index (χ3v) is 4.20. The van der Waals surface area contributed by atoms with Gasteiger partial charge in [-0.2, -0.15) is 0 Å². The molecule has 1 N–H and O–H groups in total. The molecule has 0 aromatic heterocycles. The van der Waals surface area contributed by atoms with Crippen LogP contribution in [0.5, 0.6) is 5.75 Å². The van der Waals surface area contributed by atoms with Crippen LogP contribution in [-0.4, -0.2) is 12.5 Å². The number of amides is 1. The highest BCUT2D eigenvalue weighted by molar-refractivity contribution is 9.10. The predicted octanol–water partition coefficient (Wildman–Crippen LogP) is 4.90. The lowest BCUT2D eigenvalue weighted by atomic mass is 10.0. The van der Waals surface area contributed by atoms with Crippen LogP contribution in [0, 0.1) is 6.92 Å². The van der Waals surface area contributed by atoms with Crippen LogP contribution in [0.4, 0.5) is 5.69 Å². The Morgan fingerprint density at radius 2 is 2.00 bits per heavy atom. The first-order valence-electron chi connectivity index (χ1n) is 7.24. The highest BCUT2D eigenvalue weighted by Crippen LogP contribution is 2.21. The molecule has 2 rings (SSSR count). The number of aryl methyl sites for hydroxylation is 1. The molecule has 0 heterocycles. The van der Waals surface area contributed by atoms with Crippen molar-refractivity contribution in [3.05, 3.63) is 58.1 Å². The fourth-order valence-corrected chi connectivity index (χ4v) is 2.36. The lowest BCUT2D eigenvalue weighted by Gasteiger charge is -2.11. The van der Waals surface area contributed by atoms with E-state index in [9.17, 15) is 4.79 Å². The van der Waals surface area contributed by atoms with E-state index in [0.717, 1.165) is 15.7 Å². The van der Waals surface area contributed by atoms with Gasteiger partial charge in [-0.1, -0.05) is 48.0 Å². The van der Waals surface area contributed by atoms with Crippen LogP contribution >= 0.6 is 15.9 Å². The van der Waals surface area contributed by atoms with Crippen LogP contribution in [0.3, 0.4) is 0 Å². The second kappa shape index (κ2) is 7.45. The molecule has 2 aromatic rings. The molecule has 3 nitrogen and oxygen atoms in total. The number of rotatable bonds is 5. The van der Waals surface area contributed by atoms with Gasteiger partial charge in [-0.25, -0.2) is 0 Å². The van der Waals surface area contributed by atoms with Gasteiger partial charge in [0.15, 0.2) is 6.61 Å². The van der Waals surface area contributed by atoms with Gasteiger partial charge in [0, 0.05) is 10.2 Å². The molecular weight excluding hydrogens is 342 g/mol. The summed E-state index contributed by atoms with van der Waals surface area (Å²) in [5.41, 5.74) is 3.07. The van der Waals surface area contributed by atoms with Crippen molar-refractivity contribution in [2.75, 3.05) is 11.9 Å². The quantitative estimate of drug-likeness (QED) is 0.822. The first-order chi connectivity index (χ1) is 10.5. The number of benzene rings is 2. The summed E-state index contributed by atoms with van der Waals surface area (Å²) in [7, 11) is 0. The predicted molar refractivity (Wildman–Crippen MR) is 93.5 cm³/mol. The highest BCUT2D eigenvalue weighted by Gasteiger charge is 2.06. The summed E-state index contributed by atoms with van der Waals surface area (Å²) in [5.74, 6) is 0.972. The average Bonchev–Trinajstić information content (AvgIpc) is 2.49. The molecule has 0 unspecified atom stereocenters. The molecule has 116 valence electrons. The van der Waals surface area contributed by atoms with Gasteiger partial charge in [-0.3, -0.25) is 4.79 Å². The highest BCUT2D eigenvalue weighted by atomic mass is 79.9. The Balaban J connectivity index is 1.92. The number of ether oxygens (including phenoxy) is 1. The molecule has 0 saturated heterocycles. The standard InChI is InChI=1S/C18H20BrNO2/c1-12(2)14-5-4-6-16(9-14)22-11-18(21)20-15-8-7-13(3)17(19)10-15/h4-10,12H,11H2,1-3H3,(H,20,21). The van der Waals surface area contributed by atoms with E-state index in [1.165, 1.54) is 5.56 Å². The van der Waals surface area contributed by atoms with Crippen LogP contribution in [0.25, 0.3) is 0 Å². The Hall–Kier alpha value is -1.81. The third kappa shape index (κ3) is 4.60. The topological polar surface area (TPSA) is 38.3 Å². The van der Waals surface area contributed by atoms with E-state index in [4.69, 9.17) is 4.74 Å². The van der Waals surface area contributed by atoms with E-state index >= 15 is 0 Å². The normalized spacial score (nSPS) is 10.6. The minimum atomic E-state index is -0.175. The number of carbonyl (C=O) groups is 1. The second-order valence-corrected chi connectivity index (χ2v) is 6.38. The van der Waals surface area contributed by atoms with Crippen molar-refractivity contribution in [1.82, 2.24) is 0 Å². The second-order valence-electron chi connectivity index (χ2n) is 5.53. The van der Waals surface area contributed by atoms with E-state index in [0.29, 0.717) is 11.7 Å². The van der Waals surface area contributed by atoms with Gasteiger partial charge in [0.2, 0.25) is 0 Å². The largest absolute Gasteiger partial charge is 0.484 e. The maximum absolute atomic E-state index is 11.9. The molecule has 0 fully saturated rings. The number of anilines is 1. The van der Waals surface area contributed by atoms with E-state index in [-0.39, 0.29) is 12.5 Å². The SMILES string of the molecule is Cc1ccc(NC(=O)COc2cccc(C(C)C)c2)cc1Br. The molecule has 0 aliphatic carbocycles. The molecule has 0 saturated carbocycles. The van der Waals surface area contributed by atoms with Crippen molar-refractivity contribution in [3.8, 4) is 5.75 Å². The zero-order chi connectivity index (χ0) is 16.1. The summed E-state index contributed by atoms with van der Waals surface area (Å²) in [6.07, 6.45) is 0. The number of carbonyl (C=O) groups excluding carboxylic acids is 1. The van der Waals surface area contributed by atoms with Crippen LogP contribution in [0.15, 0.2) is 46.9 Å². The molecule has 1 amide bonds. The van der Waals surface area contributed by atoms with Gasteiger partial charge in [0.05, 0.1) is 0 Å². The van der Waals surface area contributed by atoms with Crippen LogP contribution in [0.1, 0.15) is 30.9 Å². The van der Waals surface area contributed by atoms with Gasteiger partial charge in [0.1, 0.15) is 5.75 Å². The summed E-state index contributed by atoms with van der Waals surface area (Å²) in [6, 6.07) is 13.5. The third-order valence-electron chi connectivity index (χ3n) is 3.35. The van der Waals surface area contributed by atoms with E-state index < -0.39 is 0 Å². The van der Waals surface area contributed by atoms with Gasteiger partial charge in [0.25, 0.3) is 5.91 Å². The monoisotopic (exact) mass is 361 g/mol. The lowest BCUT2D eigenvalue weighted by Crippen LogP contribution is -2.20. The van der Waals surface area contributed by atoms with Crippen molar-refractivity contribution >= 4 is 27.5 Å². The zero-order valence-corrected chi connectivity index (χ0v) is 14.6. The number of hydrogen-bond donors (Lipinski definition) is 1. The molecule has 22 heavy (non-hydrogen) atoms. The van der Waals surface area contributed by atoms with Crippen molar-refractivity contribution in [2.45, 2.75) is 26.7 Å². The smallest absolute Gasteiger partial charge is 0.262 e. The van der Waals surface area contributed by atoms with Crippen LogP contribution in [-0.2, 0) is 4.79 Å². The van der Waals surface area contributed by atoms with Gasteiger partial charge in [-0.15, -0.1) is 0 Å². The molecule has 4 heteroatoms. The van der Waals surface area contributed by atoms with Gasteiger partial charge in [-0.05, 0) is 48.2 Å². The van der Waals surface area contributed by atoms with Gasteiger partial charge < -0.3 is 10.1 Å². The summed E-state index contributed by atoms with van der Waals surface area (Å²) >= 11 is 3.45. The minimum absolute atomic E-state index is 0.00690. The molecule has 0 aliphatic rings. The first-order valence-corrected chi connectivity index (χ1v) is 8.04. The van der Waals surface area contributed by atoms with Crippen LogP contribution in [0.2, 0.25) is 0 Å². The Labute approximate surface area is 139 Å². The molecular formula is C18H20BrNO2. The van der Waals surface area contributed by atoms with E-state index in [1.54, 1.807) is 0 Å². The number of halogens is 1. The van der Waals surface area contributed by atoms with Crippen molar-refractivity contribution in [3.63, 3.8) is 0 Å². The van der Waals surface area contributed by atoms with Crippen molar-refractivity contribution in [2.24, 2.45) is 0 Å². The first kappa shape index (κ1) is 16.6. The van der Waals surface area contributed by atoms with E-state index in [2.05, 4.69) is 41.2 Å². The molecule has 0 atom stereocenters. The minimum Gasteiger partial charge on any atom is -0.484 e. The Kier molecular flexibility index (Phi) is 5.61. The van der Waals surface area contributed by atoms with Crippen molar-refractivity contribution < 1.29 is 9.53 Å².